The van der Waals surface area contributed by atoms with Crippen LogP contribution >= 0.6 is 22.9 Å². The van der Waals surface area contributed by atoms with Gasteiger partial charge in [-0.15, -0.1) is 11.3 Å². The van der Waals surface area contributed by atoms with Crippen molar-refractivity contribution < 1.29 is 0 Å². The number of nitrogens with zero attached hydrogens (tertiary/aromatic N) is 1. The molecule has 2 aromatic carbocycles. The van der Waals surface area contributed by atoms with Gasteiger partial charge in [-0.2, -0.15) is 0 Å². The van der Waals surface area contributed by atoms with Crippen LogP contribution in [0, 0.1) is 6.92 Å². The van der Waals surface area contributed by atoms with Gasteiger partial charge in [0.2, 0.25) is 0 Å². The van der Waals surface area contributed by atoms with Gasteiger partial charge in [-0.05, 0) is 36.8 Å². The van der Waals surface area contributed by atoms with Gasteiger partial charge in [-0.25, -0.2) is 4.98 Å². The first kappa shape index (κ1) is 11.5. The minimum Gasteiger partial charge on any atom is -0.398 e. The number of hydrogen-bond donors (Lipinski definition) is 1. The molecule has 0 bridgehead atoms. The molecule has 0 amide bonds. The molecule has 0 atom stereocenters. The normalized spacial score (nSPS) is 11.0. The highest BCUT2D eigenvalue weighted by Gasteiger charge is 2.08. The third kappa shape index (κ3) is 1.85. The Morgan fingerprint density at radius 3 is 2.78 bits per heavy atom. The highest BCUT2D eigenvalue weighted by molar-refractivity contribution is 7.21. The molecule has 0 fully saturated rings. The number of benzene rings is 2. The Bertz CT molecular complexity index is 734. The molecule has 2 nitrogen and oxygen atoms in total. The molecule has 0 aliphatic rings. The standard InChI is InChI=1S/C14H11ClN2S/c1-8-3-2-4-12-13(8)17-14(18-12)9-5-6-11(16)10(15)7-9/h2-7H,16H2,1H3. The van der Waals surface area contributed by atoms with Crippen molar-refractivity contribution in [3.8, 4) is 10.6 Å². The number of hydrogen-bond acceptors (Lipinski definition) is 3. The zero-order chi connectivity index (χ0) is 12.7. The summed E-state index contributed by atoms with van der Waals surface area (Å²) in [6.45, 7) is 2.07. The van der Waals surface area contributed by atoms with E-state index in [1.807, 2.05) is 18.2 Å². The average molecular weight is 275 g/mol. The molecule has 90 valence electrons. The first-order valence-corrected chi connectivity index (χ1v) is 6.76. The van der Waals surface area contributed by atoms with Crippen LogP contribution in [-0.4, -0.2) is 4.98 Å². The second-order valence-corrected chi connectivity index (χ2v) is 5.61. The van der Waals surface area contributed by atoms with Gasteiger partial charge in [0.25, 0.3) is 0 Å². The number of anilines is 1. The summed E-state index contributed by atoms with van der Waals surface area (Å²) in [6.07, 6.45) is 0. The van der Waals surface area contributed by atoms with Crippen LogP contribution in [0.3, 0.4) is 0 Å². The lowest BCUT2D eigenvalue weighted by molar-refractivity contribution is 1.42. The first-order valence-electron chi connectivity index (χ1n) is 5.57. The lowest BCUT2D eigenvalue weighted by Crippen LogP contribution is -1.86. The summed E-state index contributed by atoms with van der Waals surface area (Å²) in [5, 5.41) is 1.55. The minimum absolute atomic E-state index is 0.573. The first-order chi connectivity index (χ1) is 8.65. The number of nitrogen functional groups attached to an aromatic ring is 1. The minimum atomic E-state index is 0.573. The molecule has 0 aliphatic heterocycles. The van der Waals surface area contributed by atoms with Crippen LogP contribution in [0.4, 0.5) is 5.69 Å². The lowest BCUT2D eigenvalue weighted by Gasteiger charge is -2.00. The fourth-order valence-electron chi connectivity index (χ4n) is 1.87. The van der Waals surface area contributed by atoms with Crippen LogP contribution in [0.2, 0.25) is 5.02 Å². The summed E-state index contributed by atoms with van der Waals surface area (Å²) < 4.78 is 1.19. The third-order valence-electron chi connectivity index (χ3n) is 2.87. The number of rotatable bonds is 1. The topological polar surface area (TPSA) is 38.9 Å². The fourth-order valence-corrected chi connectivity index (χ4v) is 3.09. The van der Waals surface area contributed by atoms with E-state index in [-0.39, 0.29) is 0 Å². The molecule has 4 heteroatoms. The molecule has 2 N–H and O–H groups in total. The van der Waals surface area contributed by atoms with E-state index in [0.29, 0.717) is 10.7 Å². The largest absolute Gasteiger partial charge is 0.398 e. The van der Waals surface area contributed by atoms with Crippen molar-refractivity contribution in [2.45, 2.75) is 6.92 Å². The van der Waals surface area contributed by atoms with E-state index in [4.69, 9.17) is 17.3 Å². The number of halogens is 1. The van der Waals surface area contributed by atoms with Crippen molar-refractivity contribution in [2.75, 3.05) is 5.73 Å². The number of nitrogens with two attached hydrogens (primary N) is 1. The van der Waals surface area contributed by atoms with Gasteiger partial charge in [-0.1, -0.05) is 23.7 Å². The fraction of sp³-hybridized carbons (Fsp3) is 0.0714. The van der Waals surface area contributed by atoms with E-state index in [2.05, 4.69) is 30.1 Å². The van der Waals surface area contributed by atoms with Gasteiger partial charge >= 0.3 is 0 Å². The van der Waals surface area contributed by atoms with Crippen molar-refractivity contribution in [3.05, 3.63) is 47.0 Å². The summed E-state index contributed by atoms with van der Waals surface area (Å²) in [7, 11) is 0. The number of aryl methyl sites for hydroxylation is 1. The monoisotopic (exact) mass is 274 g/mol. The van der Waals surface area contributed by atoms with Gasteiger partial charge in [0.1, 0.15) is 5.01 Å². The third-order valence-corrected chi connectivity index (χ3v) is 4.27. The molecule has 1 heterocycles. The van der Waals surface area contributed by atoms with Gasteiger partial charge in [0.05, 0.1) is 20.9 Å². The highest BCUT2D eigenvalue weighted by atomic mass is 35.5. The second-order valence-electron chi connectivity index (χ2n) is 4.18. The molecule has 0 aliphatic carbocycles. The average Bonchev–Trinajstić information content (AvgIpc) is 2.78. The predicted octanol–water partition coefficient (Wildman–Crippen LogP) is 4.51. The van der Waals surface area contributed by atoms with Gasteiger partial charge in [0, 0.05) is 5.56 Å². The predicted molar refractivity (Wildman–Crippen MR) is 79.2 cm³/mol. The van der Waals surface area contributed by atoms with Crippen LogP contribution < -0.4 is 5.73 Å². The Morgan fingerprint density at radius 2 is 2.06 bits per heavy atom. The lowest BCUT2D eigenvalue weighted by atomic mass is 10.2. The SMILES string of the molecule is Cc1cccc2sc(-c3ccc(N)c(Cl)c3)nc12. The molecule has 0 saturated carbocycles. The molecule has 0 spiro atoms. The van der Waals surface area contributed by atoms with Crippen molar-refractivity contribution in [3.63, 3.8) is 0 Å². The van der Waals surface area contributed by atoms with Crippen LogP contribution in [0.5, 0.6) is 0 Å². The van der Waals surface area contributed by atoms with E-state index < -0.39 is 0 Å². The molecular formula is C14H11ClN2S. The Morgan fingerprint density at radius 1 is 1.22 bits per heavy atom. The van der Waals surface area contributed by atoms with Crippen molar-refractivity contribution in [1.82, 2.24) is 4.98 Å². The van der Waals surface area contributed by atoms with E-state index >= 15 is 0 Å². The smallest absolute Gasteiger partial charge is 0.124 e. The quantitative estimate of drug-likeness (QED) is 0.663. The maximum Gasteiger partial charge on any atom is 0.124 e. The molecule has 0 unspecified atom stereocenters. The maximum atomic E-state index is 6.05. The zero-order valence-corrected chi connectivity index (χ0v) is 11.3. The Balaban J connectivity index is 2.19. The molecular weight excluding hydrogens is 264 g/mol. The Hall–Kier alpha value is -1.58. The van der Waals surface area contributed by atoms with Crippen molar-refractivity contribution >= 4 is 38.8 Å². The van der Waals surface area contributed by atoms with Crippen LogP contribution in [-0.2, 0) is 0 Å². The molecule has 18 heavy (non-hydrogen) atoms. The van der Waals surface area contributed by atoms with Crippen molar-refractivity contribution in [1.29, 1.82) is 0 Å². The summed E-state index contributed by atoms with van der Waals surface area (Å²) in [4.78, 5) is 4.67. The summed E-state index contributed by atoms with van der Waals surface area (Å²) >= 11 is 7.71. The summed E-state index contributed by atoms with van der Waals surface area (Å²) in [5.74, 6) is 0. The van der Waals surface area contributed by atoms with Gasteiger partial charge in [-0.3, -0.25) is 0 Å². The van der Waals surface area contributed by atoms with Crippen molar-refractivity contribution in [2.24, 2.45) is 0 Å². The zero-order valence-electron chi connectivity index (χ0n) is 9.77. The Kier molecular flexibility index (Phi) is 2.73. The van der Waals surface area contributed by atoms with Crippen LogP contribution in [0.25, 0.3) is 20.8 Å². The van der Waals surface area contributed by atoms with E-state index in [9.17, 15) is 0 Å². The maximum absolute atomic E-state index is 6.05. The molecule has 3 rings (SSSR count). The molecule has 0 radical (unpaired) electrons. The summed E-state index contributed by atoms with van der Waals surface area (Å²) in [6, 6.07) is 11.8. The molecule has 3 aromatic rings. The number of fused-ring (bicyclic) bond motifs is 1. The van der Waals surface area contributed by atoms with E-state index in [1.54, 1.807) is 11.3 Å². The number of aromatic nitrogens is 1. The molecule has 0 saturated heterocycles. The summed E-state index contributed by atoms with van der Waals surface area (Å²) in [5.41, 5.74) is 9.57. The van der Waals surface area contributed by atoms with Gasteiger partial charge in [0.15, 0.2) is 0 Å². The Labute approximate surface area is 114 Å². The van der Waals surface area contributed by atoms with Gasteiger partial charge < -0.3 is 5.73 Å². The van der Waals surface area contributed by atoms with Crippen LogP contribution in [0.1, 0.15) is 5.56 Å². The highest BCUT2D eigenvalue weighted by Crippen LogP contribution is 2.33. The number of thiazole rings is 1. The molecule has 1 aromatic heterocycles. The van der Waals surface area contributed by atoms with E-state index in [0.717, 1.165) is 16.1 Å². The number of para-hydroxylation sites is 1. The van der Waals surface area contributed by atoms with Crippen LogP contribution in [0.15, 0.2) is 36.4 Å². The second kappa shape index (κ2) is 4.26. The van der Waals surface area contributed by atoms with E-state index in [1.165, 1.54) is 10.3 Å².